The fourth-order valence-electron chi connectivity index (χ4n) is 3.26. The predicted molar refractivity (Wildman–Crippen MR) is 97.4 cm³/mol. The molecule has 9 heteroatoms. The largest absolute Gasteiger partial charge is 0.452 e. The van der Waals surface area contributed by atoms with Crippen molar-refractivity contribution in [2.24, 2.45) is 0 Å². The molecule has 3 amide bonds. The number of esters is 1. The number of hydrogen-bond acceptors (Lipinski definition) is 6. The van der Waals surface area contributed by atoms with Crippen molar-refractivity contribution in [1.82, 2.24) is 10.2 Å². The van der Waals surface area contributed by atoms with Crippen LogP contribution in [0, 0.1) is 0 Å². The van der Waals surface area contributed by atoms with Crippen molar-refractivity contribution < 1.29 is 23.9 Å². The van der Waals surface area contributed by atoms with Crippen LogP contribution in [0.5, 0.6) is 0 Å². The number of likely N-dealkylation sites (N-methyl/N-ethyl adjacent to an activating group) is 2. The molecule has 2 N–H and O–H groups in total. The average Bonchev–Trinajstić information content (AvgIpc) is 3.16. The van der Waals surface area contributed by atoms with E-state index in [4.69, 9.17) is 4.74 Å². The maximum Gasteiger partial charge on any atom is 0.338 e. The van der Waals surface area contributed by atoms with Gasteiger partial charge in [-0.1, -0.05) is 0 Å². The normalized spacial score (nSPS) is 17.5. The van der Waals surface area contributed by atoms with Crippen LogP contribution in [0.2, 0.25) is 0 Å². The number of amides is 3. The molecule has 27 heavy (non-hydrogen) atoms. The standard InChI is InChI=1S/C18H22N4O5/c1-19-15(23)9-21(2)16(24)10-27-18(26)11-5-6-13-12(8-11)20-17(25)14-4-3-7-22(13)14/h5-6,8,14H,3-4,7,9-10H2,1-2H3,(H,19,23)(H,20,25)/t14-/m1/s1. The van der Waals surface area contributed by atoms with Gasteiger partial charge in [0.05, 0.1) is 23.5 Å². The van der Waals surface area contributed by atoms with E-state index in [0.29, 0.717) is 5.69 Å². The lowest BCUT2D eigenvalue weighted by Crippen LogP contribution is -2.43. The first-order valence-corrected chi connectivity index (χ1v) is 8.74. The molecule has 0 bridgehead atoms. The molecule has 2 heterocycles. The van der Waals surface area contributed by atoms with Crippen molar-refractivity contribution in [1.29, 1.82) is 0 Å². The Morgan fingerprint density at radius 2 is 2.15 bits per heavy atom. The minimum absolute atomic E-state index is 0.0727. The summed E-state index contributed by atoms with van der Waals surface area (Å²) in [5.41, 5.74) is 1.69. The van der Waals surface area contributed by atoms with E-state index in [-0.39, 0.29) is 30.0 Å². The van der Waals surface area contributed by atoms with Gasteiger partial charge in [-0.3, -0.25) is 14.4 Å². The molecule has 2 aliphatic heterocycles. The van der Waals surface area contributed by atoms with Crippen LogP contribution < -0.4 is 15.5 Å². The summed E-state index contributed by atoms with van der Waals surface area (Å²) in [6.45, 7) is 0.222. The first-order valence-electron chi connectivity index (χ1n) is 8.74. The van der Waals surface area contributed by atoms with Crippen molar-refractivity contribution in [3.05, 3.63) is 23.8 Å². The van der Waals surface area contributed by atoms with Crippen LogP contribution in [-0.2, 0) is 19.1 Å². The lowest BCUT2D eigenvalue weighted by atomic mass is 10.1. The molecule has 0 spiro atoms. The molecule has 1 aromatic carbocycles. The van der Waals surface area contributed by atoms with Gasteiger partial charge in [-0.25, -0.2) is 4.79 Å². The van der Waals surface area contributed by atoms with Crippen LogP contribution in [0.25, 0.3) is 0 Å². The summed E-state index contributed by atoms with van der Waals surface area (Å²) < 4.78 is 5.04. The van der Waals surface area contributed by atoms with Crippen molar-refractivity contribution in [3.63, 3.8) is 0 Å². The quantitative estimate of drug-likeness (QED) is 0.701. The van der Waals surface area contributed by atoms with Gasteiger partial charge in [0, 0.05) is 20.6 Å². The second-order valence-corrected chi connectivity index (χ2v) is 6.57. The number of nitrogens with one attached hydrogen (secondary N) is 2. The van der Waals surface area contributed by atoms with Crippen LogP contribution in [0.15, 0.2) is 18.2 Å². The summed E-state index contributed by atoms with van der Waals surface area (Å²) in [6, 6.07) is 4.81. The maximum absolute atomic E-state index is 12.2. The highest BCUT2D eigenvalue weighted by molar-refractivity contribution is 6.05. The number of carbonyl (C=O) groups excluding carboxylic acids is 4. The minimum atomic E-state index is -0.669. The molecule has 1 aromatic rings. The summed E-state index contributed by atoms with van der Waals surface area (Å²) in [5.74, 6) is -1.55. The van der Waals surface area contributed by atoms with E-state index in [1.54, 1.807) is 18.2 Å². The zero-order valence-corrected chi connectivity index (χ0v) is 15.3. The monoisotopic (exact) mass is 374 g/mol. The first-order chi connectivity index (χ1) is 12.9. The number of carbonyl (C=O) groups is 4. The molecule has 2 aliphatic rings. The van der Waals surface area contributed by atoms with Gasteiger partial charge in [0.15, 0.2) is 6.61 Å². The molecule has 0 saturated carbocycles. The van der Waals surface area contributed by atoms with Gasteiger partial charge in [-0.15, -0.1) is 0 Å². The highest BCUT2D eigenvalue weighted by Crippen LogP contribution is 2.37. The van der Waals surface area contributed by atoms with Crippen LogP contribution in [0.4, 0.5) is 11.4 Å². The Balaban J connectivity index is 1.63. The second kappa shape index (κ2) is 7.65. The van der Waals surface area contributed by atoms with E-state index in [1.165, 1.54) is 19.0 Å². The number of ether oxygens (including phenoxy) is 1. The summed E-state index contributed by atoms with van der Waals surface area (Å²) in [7, 11) is 2.92. The Morgan fingerprint density at radius 1 is 1.37 bits per heavy atom. The van der Waals surface area contributed by atoms with E-state index < -0.39 is 18.5 Å². The topological polar surface area (TPSA) is 108 Å². The zero-order chi connectivity index (χ0) is 19.6. The van der Waals surface area contributed by atoms with Crippen molar-refractivity contribution in [2.45, 2.75) is 18.9 Å². The minimum Gasteiger partial charge on any atom is -0.452 e. The molecule has 1 atom stereocenters. The molecule has 0 aromatic heterocycles. The SMILES string of the molecule is CNC(=O)CN(C)C(=O)COC(=O)c1ccc2c(c1)NC(=O)[C@H]1CCCN21. The fourth-order valence-corrected chi connectivity index (χ4v) is 3.26. The summed E-state index contributed by atoms with van der Waals surface area (Å²) >= 11 is 0. The molecular weight excluding hydrogens is 352 g/mol. The molecular formula is C18H22N4O5. The Bertz CT molecular complexity index is 794. The third kappa shape index (κ3) is 3.86. The van der Waals surface area contributed by atoms with Gasteiger partial charge in [0.1, 0.15) is 6.04 Å². The highest BCUT2D eigenvalue weighted by Gasteiger charge is 2.36. The van der Waals surface area contributed by atoms with Gasteiger partial charge in [0.2, 0.25) is 11.8 Å². The number of hydrogen-bond donors (Lipinski definition) is 2. The number of benzene rings is 1. The van der Waals surface area contributed by atoms with Crippen LogP contribution in [-0.4, -0.2) is 68.4 Å². The number of anilines is 2. The molecule has 0 aliphatic carbocycles. The Labute approximate surface area is 156 Å². The number of nitrogens with zero attached hydrogens (tertiary/aromatic N) is 2. The molecule has 1 fully saturated rings. The van der Waals surface area contributed by atoms with E-state index >= 15 is 0 Å². The van der Waals surface area contributed by atoms with Gasteiger partial charge >= 0.3 is 5.97 Å². The third-order valence-corrected chi connectivity index (χ3v) is 4.77. The highest BCUT2D eigenvalue weighted by atomic mass is 16.5. The molecule has 0 unspecified atom stereocenters. The lowest BCUT2D eigenvalue weighted by Gasteiger charge is -2.33. The van der Waals surface area contributed by atoms with Gasteiger partial charge in [-0.2, -0.15) is 0 Å². The van der Waals surface area contributed by atoms with E-state index in [0.717, 1.165) is 25.1 Å². The predicted octanol–water partition coefficient (Wildman–Crippen LogP) is -0.0313. The first kappa shape index (κ1) is 18.7. The van der Waals surface area contributed by atoms with Crippen molar-refractivity contribution in [3.8, 4) is 0 Å². The molecule has 144 valence electrons. The van der Waals surface area contributed by atoms with Crippen LogP contribution >= 0.6 is 0 Å². The Kier molecular flexibility index (Phi) is 5.29. The van der Waals surface area contributed by atoms with Crippen molar-refractivity contribution >= 4 is 35.1 Å². The lowest BCUT2D eigenvalue weighted by molar-refractivity contribution is -0.137. The summed E-state index contributed by atoms with van der Waals surface area (Å²) in [4.78, 5) is 50.8. The molecule has 3 rings (SSSR count). The Morgan fingerprint density at radius 3 is 2.89 bits per heavy atom. The summed E-state index contributed by atoms with van der Waals surface area (Å²) in [6.07, 6.45) is 1.77. The average molecular weight is 374 g/mol. The Hall–Kier alpha value is -3.10. The second-order valence-electron chi connectivity index (χ2n) is 6.57. The van der Waals surface area contributed by atoms with Gasteiger partial charge in [-0.05, 0) is 31.0 Å². The van der Waals surface area contributed by atoms with Gasteiger partial charge < -0.3 is 25.2 Å². The zero-order valence-electron chi connectivity index (χ0n) is 15.3. The van der Waals surface area contributed by atoms with Crippen LogP contribution in [0.1, 0.15) is 23.2 Å². The smallest absolute Gasteiger partial charge is 0.338 e. The maximum atomic E-state index is 12.2. The van der Waals surface area contributed by atoms with E-state index in [2.05, 4.69) is 10.6 Å². The van der Waals surface area contributed by atoms with E-state index in [1.807, 2.05) is 4.90 Å². The summed E-state index contributed by atoms with van der Waals surface area (Å²) in [5, 5.41) is 5.24. The third-order valence-electron chi connectivity index (χ3n) is 4.77. The molecule has 0 radical (unpaired) electrons. The van der Waals surface area contributed by atoms with Crippen molar-refractivity contribution in [2.75, 3.05) is 44.0 Å². The van der Waals surface area contributed by atoms with Gasteiger partial charge in [0.25, 0.3) is 5.91 Å². The number of rotatable bonds is 5. The van der Waals surface area contributed by atoms with E-state index in [9.17, 15) is 19.2 Å². The fraction of sp³-hybridized carbons (Fsp3) is 0.444. The molecule has 9 nitrogen and oxygen atoms in total. The number of fused-ring (bicyclic) bond motifs is 3. The van der Waals surface area contributed by atoms with Crippen LogP contribution in [0.3, 0.4) is 0 Å². The molecule has 1 saturated heterocycles.